The summed E-state index contributed by atoms with van der Waals surface area (Å²) >= 11 is 0. The third-order valence-corrected chi connectivity index (χ3v) is 1.06. The van der Waals surface area contributed by atoms with Crippen LogP contribution in [0.15, 0.2) is 23.8 Å². The fourth-order valence-corrected chi connectivity index (χ4v) is 0.596. The van der Waals surface area contributed by atoms with E-state index in [4.69, 9.17) is 0 Å². The highest BCUT2D eigenvalue weighted by atomic mass is 16.1. The third kappa shape index (κ3) is 7.04. The second-order valence-corrected chi connectivity index (χ2v) is 1.80. The van der Waals surface area contributed by atoms with Crippen molar-refractivity contribution in [1.29, 1.82) is 0 Å². The molecule has 0 aromatic carbocycles. The average Bonchev–Trinajstić information content (AvgIpc) is 2.03. The Labute approximate surface area is 69.8 Å². The van der Waals surface area contributed by atoms with Crippen LogP contribution in [0.4, 0.5) is 0 Å². The second kappa shape index (κ2) is 9.15. The Balaban J connectivity index is 0. The molecule has 1 heteroatoms. The Kier molecular flexibility index (Phi) is 10.6. The smallest absolute Gasteiger partial charge is 0.159 e. The summed E-state index contributed by atoms with van der Waals surface area (Å²) in [6.07, 6.45) is 5.47. The zero-order chi connectivity index (χ0) is 9.28. The molecule has 11 heavy (non-hydrogen) atoms. The molecular weight excluding hydrogens is 136 g/mol. The Morgan fingerprint density at radius 3 is 1.73 bits per heavy atom. The van der Waals surface area contributed by atoms with Crippen LogP contribution in [0.2, 0.25) is 0 Å². The summed E-state index contributed by atoms with van der Waals surface area (Å²) in [6.45, 7) is 9.32. The highest BCUT2D eigenvalue weighted by Crippen LogP contribution is 1.96. The fourth-order valence-electron chi connectivity index (χ4n) is 0.596. The van der Waals surface area contributed by atoms with E-state index in [9.17, 15) is 4.79 Å². The van der Waals surface area contributed by atoms with Crippen molar-refractivity contribution in [2.45, 2.75) is 34.6 Å². The largest absolute Gasteiger partial charge is 0.295 e. The van der Waals surface area contributed by atoms with Crippen LogP contribution in [0.1, 0.15) is 34.6 Å². The van der Waals surface area contributed by atoms with Crippen LogP contribution in [0.25, 0.3) is 0 Å². The van der Waals surface area contributed by atoms with Gasteiger partial charge in [-0.15, -0.1) is 0 Å². The maximum Gasteiger partial charge on any atom is 0.159 e. The first kappa shape index (κ1) is 12.8. The second-order valence-electron chi connectivity index (χ2n) is 1.80. The van der Waals surface area contributed by atoms with E-state index in [1.165, 1.54) is 0 Å². The molecule has 0 unspecified atom stereocenters. The van der Waals surface area contributed by atoms with Gasteiger partial charge in [-0.05, 0) is 20.8 Å². The minimum absolute atomic E-state index is 0.121. The molecule has 0 spiro atoms. The summed E-state index contributed by atoms with van der Waals surface area (Å²) in [5, 5.41) is 0. The fraction of sp³-hybridized carbons (Fsp3) is 0.500. The van der Waals surface area contributed by atoms with E-state index in [2.05, 4.69) is 0 Å². The van der Waals surface area contributed by atoms with Crippen molar-refractivity contribution >= 4 is 5.78 Å². The highest BCUT2D eigenvalue weighted by Gasteiger charge is 1.93. The predicted molar refractivity (Wildman–Crippen MR) is 50.6 cm³/mol. The van der Waals surface area contributed by atoms with Gasteiger partial charge in [0.25, 0.3) is 0 Å². The summed E-state index contributed by atoms with van der Waals surface area (Å²) < 4.78 is 0. The minimum Gasteiger partial charge on any atom is -0.295 e. The van der Waals surface area contributed by atoms with Crippen LogP contribution in [0.5, 0.6) is 0 Å². The number of carbonyl (C=O) groups is 1. The van der Waals surface area contributed by atoms with Gasteiger partial charge in [0.05, 0.1) is 0 Å². The molecule has 0 radical (unpaired) electrons. The number of Topliss-reactive ketones (excluding diaryl/α,β-unsaturated/α-hetero) is 1. The molecule has 0 bridgehead atoms. The molecule has 64 valence electrons. The van der Waals surface area contributed by atoms with Crippen molar-refractivity contribution < 1.29 is 4.79 Å². The topological polar surface area (TPSA) is 17.1 Å². The molecule has 0 aliphatic heterocycles. The molecule has 0 aliphatic rings. The molecular formula is C10H18O. The predicted octanol–water partition coefficient (Wildman–Crippen LogP) is 3.12. The molecule has 0 amide bonds. The highest BCUT2D eigenvalue weighted by molar-refractivity contribution is 5.95. The molecule has 0 heterocycles. The summed E-state index contributed by atoms with van der Waals surface area (Å²) in [5.41, 5.74) is 0.775. The maximum absolute atomic E-state index is 10.6. The molecule has 0 rings (SSSR count). The van der Waals surface area contributed by atoms with Gasteiger partial charge >= 0.3 is 0 Å². The number of ketones is 1. The zero-order valence-corrected chi connectivity index (χ0v) is 8.14. The van der Waals surface area contributed by atoms with Gasteiger partial charge in [-0.2, -0.15) is 0 Å². The van der Waals surface area contributed by atoms with Gasteiger partial charge in [-0.25, -0.2) is 0 Å². The van der Waals surface area contributed by atoms with E-state index in [-0.39, 0.29) is 5.78 Å². The van der Waals surface area contributed by atoms with Gasteiger partial charge in [-0.1, -0.05) is 32.1 Å². The normalized spacial score (nSPS) is 10.8. The van der Waals surface area contributed by atoms with E-state index in [0.29, 0.717) is 0 Å². The number of allylic oxidation sites excluding steroid dienone is 4. The molecule has 1 nitrogen and oxygen atoms in total. The van der Waals surface area contributed by atoms with Gasteiger partial charge in [0.2, 0.25) is 0 Å². The van der Waals surface area contributed by atoms with Crippen LogP contribution in [0, 0.1) is 0 Å². The lowest BCUT2D eigenvalue weighted by atomic mass is 10.2. The van der Waals surface area contributed by atoms with Crippen LogP contribution >= 0.6 is 0 Å². The quantitative estimate of drug-likeness (QED) is 0.441. The first-order chi connectivity index (χ1) is 5.22. The Hall–Kier alpha value is -0.850. The summed E-state index contributed by atoms with van der Waals surface area (Å²) in [5.74, 6) is 0.121. The van der Waals surface area contributed by atoms with Gasteiger partial charge in [0, 0.05) is 5.57 Å². The van der Waals surface area contributed by atoms with Gasteiger partial charge in [-0.3, -0.25) is 4.79 Å². The monoisotopic (exact) mass is 154 g/mol. The molecule has 0 N–H and O–H groups in total. The summed E-state index contributed by atoms with van der Waals surface area (Å²) in [4.78, 5) is 10.6. The zero-order valence-electron chi connectivity index (χ0n) is 8.14. The summed E-state index contributed by atoms with van der Waals surface area (Å²) in [6, 6.07) is 0. The lowest BCUT2D eigenvalue weighted by molar-refractivity contribution is -0.113. The van der Waals surface area contributed by atoms with E-state index >= 15 is 0 Å². The number of carbonyl (C=O) groups excluding carboxylic acids is 1. The van der Waals surface area contributed by atoms with Crippen LogP contribution < -0.4 is 0 Å². The van der Waals surface area contributed by atoms with Crippen molar-refractivity contribution in [1.82, 2.24) is 0 Å². The van der Waals surface area contributed by atoms with Crippen molar-refractivity contribution in [2.75, 3.05) is 0 Å². The Bertz CT molecular complexity index is 152. The van der Waals surface area contributed by atoms with E-state index in [0.717, 1.165) is 5.57 Å². The van der Waals surface area contributed by atoms with Crippen molar-refractivity contribution in [3.05, 3.63) is 23.8 Å². The van der Waals surface area contributed by atoms with E-state index in [1.54, 1.807) is 6.92 Å². The lowest BCUT2D eigenvalue weighted by Gasteiger charge is -1.89. The van der Waals surface area contributed by atoms with Crippen molar-refractivity contribution in [3.63, 3.8) is 0 Å². The first-order valence-electron chi connectivity index (χ1n) is 4.02. The van der Waals surface area contributed by atoms with Crippen molar-refractivity contribution in [2.24, 2.45) is 0 Å². The third-order valence-electron chi connectivity index (χ3n) is 1.06. The average molecular weight is 154 g/mol. The van der Waals surface area contributed by atoms with Crippen LogP contribution in [0.3, 0.4) is 0 Å². The van der Waals surface area contributed by atoms with Gasteiger partial charge in [0.15, 0.2) is 5.78 Å². The maximum atomic E-state index is 10.6. The molecule has 0 atom stereocenters. The standard InChI is InChI=1S/C8H12O.C2H6/c1-4-6-8(5-2)7(3)9;1-2/h4-6H,1-3H3;1-2H3/b6-4-,8-5+;. The number of hydrogen-bond donors (Lipinski definition) is 0. The molecule has 0 fully saturated rings. The molecule has 0 aromatic heterocycles. The van der Waals surface area contributed by atoms with Crippen LogP contribution in [-0.2, 0) is 4.79 Å². The SMILES string of the molecule is C/C=C\C(=C/C)C(C)=O.CC. The number of hydrogen-bond acceptors (Lipinski definition) is 1. The first-order valence-corrected chi connectivity index (χ1v) is 4.02. The molecule has 0 aromatic rings. The van der Waals surface area contributed by atoms with E-state index < -0.39 is 0 Å². The summed E-state index contributed by atoms with van der Waals surface area (Å²) in [7, 11) is 0. The van der Waals surface area contributed by atoms with Gasteiger partial charge < -0.3 is 0 Å². The Morgan fingerprint density at radius 2 is 1.64 bits per heavy atom. The minimum atomic E-state index is 0.121. The number of rotatable bonds is 2. The van der Waals surface area contributed by atoms with E-state index in [1.807, 2.05) is 45.9 Å². The van der Waals surface area contributed by atoms with Gasteiger partial charge in [0.1, 0.15) is 0 Å². The molecule has 0 saturated carbocycles. The molecule has 0 aliphatic carbocycles. The Morgan fingerprint density at radius 1 is 1.18 bits per heavy atom. The van der Waals surface area contributed by atoms with Crippen LogP contribution in [-0.4, -0.2) is 5.78 Å². The lowest BCUT2D eigenvalue weighted by Crippen LogP contribution is -1.90. The molecule has 0 saturated heterocycles. The van der Waals surface area contributed by atoms with Crippen molar-refractivity contribution in [3.8, 4) is 0 Å².